The quantitative estimate of drug-likeness (QED) is 0.723. The standard InChI is InChI=1S/C17H28N2O3.ClH/c1-6-18-13(4)10-19-17(20)14-7-8-15(16(9-14)21-5)22-11-12(2)3;/h7-9,12-13,18H,6,10-11H2,1-5H3,(H,19,20);1H/t13-;/m1./s1. The van der Waals surface area contributed by atoms with E-state index >= 15 is 0 Å². The summed E-state index contributed by atoms with van der Waals surface area (Å²) < 4.78 is 11.0. The first-order chi connectivity index (χ1) is 10.5. The highest BCUT2D eigenvalue weighted by Gasteiger charge is 2.12. The maximum atomic E-state index is 12.2. The average molecular weight is 345 g/mol. The van der Waals surface area contributed by atoms with Gasteiger partial charge in [0.2, 0.25) is 0 Å². The van der Waals surface area contributed by atoms with Gasteiger partial charge >= 0.3 is 0 Å². The van der Waals surface area contributed by atoms with Crippen molar-refractivity contribution in [3.8, 4) is 11.5 Å². The molecular formula is C17H29ClN2O3. The molecule has 0 aliphatic rings. The van der Waals surface area contributed by atoms with Gasteiger partial charge in [-0.1, -0.05) is 20.8 Å². The normalized spacial score (nSPS) is 11.6. The summed E-state index contributed by atoms with van der Waals surface area (Å²) in [6.45, 7) is 10.3. The molecule has 1 rings (SSSR count). The van der Waals surface area contributed by atoms with Gasteiger partial charge in [-0.15, -0.1) is 12.4 Å². The summed E-state index contributed by atoms with van der Waals surface area (Å²) in [7, 11) is 1.58. The number of hydrogen-bond acceptors (Lipinski definition) is 4. The zero-order valence-electron chi connectivity index (χ0n) is 14.6. The van der Waals surface area contributed by atoms with Crippen molar-refractivity contribution in [2.75, 3.05) is 26.8 Å². The number of benzene rings is 1. The van der Waals surface area contributed by atoms with Crippen molar-refractivity contribution < 1.29 is 14.3 Å². The van der Waals surface area contributed by atoms with Gasteiger partial charge in [0.15, 0.2) is 11.5 Å². The topological polar surface area (TPSA) is 59.6 Å². The third kappa shape index (κ3) is 7.57. The van der Waals surface area contributed by atoms with E-state index in [2.05, 4.69) is 24.5 Å². The van der Waals surface area contributed by atoms with Crippen LogP contribution in [0.3, 0.4) is 0 Å². The maximum absolute atomic E-state index is 12.2. The number of rotatable bonds is 9. The van der Waals surface area contributed by atoms with Gasteiger partial charge in [0, 0.05) is 18.2 Å². The van der Waals surface area contributed by atoms with E-state index in [0.717, 1.165) is 6.54 Å². The van der Waals surface area contributed by atoms with E-state index in [0.29, 0.717) is 36.1 Å². The molecule has 0 fully saturated rings. The molecule has 0 aliphatic carbocycles. The highest BCUT2D eigenvalue weighted by atomic mass is 35.5. The highest BCUT2D eigenvalue weighted by molar-refractivity contribution is 5.94. The second-order valence-corrected chi connectivity index (χ2v) is 5.74. The van der Waals surface area contributed by atoms with Crippen LogP contribution >= 0.6 is 12.4 Å². The first-order valence-corrected chi connectivity index (χ1v) is 7.80. The molecule has 6 heteroatoms. The Morgan fingerprint density at radius 1 is 1.22 bits per heavy atom. The van der Waals surface area contributed by atoms with Crippen LogP contribution < -0.4 is 20.1 Å². The van der Waals surface area contributed by atoms with Crippen LogP contribution in [-0.4, -0.2) is 38.8 Å². The number of likely N-dealkylation sites (N-methyl/N-ethyl adjacent to an activating group) is 1. The minimum Gasteiger partial charge on any atom is -0.493 e. The molecule has 0 spiro atoms. The van der Waals surface area contributed by atoms with E-state index in [1.165, 1.54) is 0 Å². The number of ether oxygens (including phenoxy) is 2. The van der Waals surface area contributed by atoms with Gasteiger partial charge < -0.3 is 20.1 Å². The summed E-state index contributed by atoms with van der Waals surface area (Å²) in [6, 6.07) is 5.49. The Morgan fingerprint density at radius 2 is 1.91 bits per heavy atom. The molecule has 132 valence electrons. The SMILES string of the molecule is CCN[C@H](C)CNC(=O)c1ccc(OCC(C)C)c(OC)c1.Cl. The molecule has 1 aromatic rings. The second-order valence-electron chi connectivity index (χ2n) is 5.74. The first-order valence-electron chi connectivity index (χ1n) is 7.80. The molecule has 0 unspecified atom stereocenters. The molecule has 0 heterocycles. The fourth-order valence-corrected chi connectivity index (χ4v) is 1.95. The average Bonchev–Trinajstić information content (AvgIpc) is 2.50. The van der Waals surface area contributed by atoms with Crippen LogP contribution in [0.25, 0.3) is 0 Å². The van der Waals surface area contributed by atoms with E-state index in [4.69, 9.17) is 9.47 Å². The van der Waals surface area contributed by atoms with Crippen LogP contribution in [0.2, 0.25) is 0 Å². The monoisotopic (exact) mass is 344 g/mol. The Labute approximate surface area is 145 Å². The summed E-state index contributed by atoms with van der Waals surface area (Å²) in [5.41, 5.74) is 0.567. The molecule has 5 nitrogen and oxygen atoms in total. The molecule has 0 aromatic heterocycles. The fraction of sp³-hybridized carbons (Fsp3) is 0.588. The molecule has 23 heavy (non-hydrogen) atoms. The van der Waals surface area contributed by atoms with Gasteiger partial charge in [0.1, 0.15) is 0 Å². The van der Waals surface area contributed by atoms with E-state index in [1.54, 1.807) is 25.3 Å². The van der Waals surface area contributed by atoms with Crippen molar-refractivity contribution in [1.82, 2.24) is 10.6 Å². The van der Waals surface area contributed by atoms with Gasteiger partial charge in [0.05, 0.1) is 13.7 Å². The lowest BCUT2D eigenvalue weighted by Crippen LogP contribution is -2.38. The molecule has 0 aliphatic heterocycles. The molecular weight excluding hydrogens is 316 g/mol. The Balaban J connectivity index is 0.00000484. The number of methoxy groups -OCH3 is 1. The predicted molar refractivity (Wildman–Crippen MR) is 96.0 cm³/mol. The third-order valence-corrected chi connectivity index (χ3v) is 3.12. The number of halogens is 1. The van der Waals surface area contributed by atoms with Crippen LogP contribution in [0, 0.1) is 5.92 Å². The van der Waals surface area contributed by atoms with Crippen LogP contribution in [-0.2, 0) is 0 Å². The zero-order valence-corrected chi connectivity index (χ0v) is 15.5. The summed E-state index contributed by atoms with van der Waals surface area (Å²) in [4.78, 5) is 12.2. The van der Waals surface area contributed by atoms with Crippen LogP contribution in [0.15, 0.2) is 18.2 Å². The van der Waals surface area contributed by atoms with E-state index in [1.807, 2.05) is 13.8 Å². The Hall–Kier alpha value is -1.46. The van der Waals surface area contributed by atoms with E-state index in [9.17, 15) is 4.79 Å². The Bertz CT molecular complexity index is 481. The van der Waals surface area contributed by atoms with Crippen LogP contribution in [0.1, 0.15) is 38.1 Å². The Kier molecular flexibility index (Phi) is 10.4. The van der Waals surface area contributed by atoms with Crippen molar-refractivity contribution in [3.05, 3.63) is 23.8 Å². The molecule has 0 bridgehead atoms. The number of hydrogen-bond donors (Lipinski definition) is 2. The molecule has 0 saturated carbocycles. The first kappa shape index (κ1) is 21.5. The van der Waals surface area contributed by atoms with Gasteiger partial charge in [0.25, 0.3) is 5.91 Å². The van der Waals surface area contributed by atoms with E-state index < -0.39 is 0 Å². The zero-order chi connectivity index (χ0) is 16.5. The number of carbonyl (C=O) groups excluding carboxylic acids is 1. The van der Waals surface area contributed by atoms with Crippen molar-refractivity contribution in [2.24, 2.45) is 5.92 Å². The van der Waals surface area contributed by atoms with Gasteiger partial charge in [-0.05, 0) is 37.6 Å². The molecule has 1 amide bonds. The Morgan fingerprint density at radius 3 is 2.48 bits per heavy atom. The molecule has 1 atom stereocenters. The maximum Gasteiger partial charge on any atom is 0.251 e. The minimum atomic E-state index is -0.113. The molecule has 1 aromatic carbocycles. The van der Waals surface area contributed by atoms with Crippen molar-refractivity contribution in [2.45, 2.75) is 33.7 Å². The second kappa shape index (κ2) is 11.1. The van der Waals surface area contributed by atoms with Crippen LogP contribution in [0.5, 0.6) is 11.5 Å². The lowest BCUT2D eigenvalue weighted by atomic mass is 10.1. The summed E-state index contributed by atoms with van der Waals surface area (Å²) in [5.74, 6) is 1.56. The predicted octanol–water partition coefficient (Wildman–Crippen LogP) is 2.88. The molecule has 2 N–H and O–H groups in total. The fourth-order valence-electron chi connectivity index (χ4n) is 1.95. The highest BCUT2D eigenvalue weighted by Crippen LogP contribution is 2.28. The smallest absolute Gasteiger partial charge is 0.251 e. The van der Waals surface area contributed by atoms with Gasteiger partial charge in [-0.2, -0.15) is 0 Å². The lowest BCUT2D eigenvalue weighted by molar-refractivity contribution is 0.0950. The molecule has 0 radical (unpaired) electrons. The third-order valence-electron chi connectivity index (χ3n) is 3.12. The van der Waals surface area contributed by atoms with Gasteiger partial charge in [-0.3, -0.25) is 4.79 Å². The van der Waals surface area contributed by atoms with Crippen molar-refractivity contribution in [1.29, 1.82) is 0 Å². The van der Waals surface area contributed by atoms with E-state index in [-0.39, 0.29) is 24.4 Å². The lowest BCUT2D eigenvalue weighted by Gasteiger charge is -2.15. The van der Waals surface area contributed by atoms with Crippen LogP contribution in [0.4, 0.5) is 0 Å². The number of amides is 1. The number of nitrogens with one attached hydrogen (secondary N) is 2. The summed E-state index contributed by atoms with van der Waals surface area (Å²) in [5, 5.41) is 6.16. The summed E-state index contributed by atoms with van der Waals surface area (Å²) >= 11 is 0. The van der Waals surface area contributed by atoms with Gasteiger partial charge in [-0.25, -0.2) is 0 Å². The minimum absolute atomic E-state index is 0. The summed E-state index contributed by atoms with van der Waals surface area (Å²) in [6.07, 6.45) is 0. The molecule has 0 saturated heterocycles. The van der Waals surface area contributed by atoms with Crippen molar-refractivity contribution >= 4 is 18.3 Å². The number of carbonyl (C=O) groups is 1. The van der Waals surface area contributed by atoms with Crippen molar-refractivity contribution in [3.63, 3.8) is 0 Å². The largest absolute Gasteiger partial charge is 0.493 e.